The molecule has 0 bridgehead atoms. The van der Waals surface area contributed by atoms with Crippen molar-refractivity contribution in [3.63, 3.8) is 0 Å². The molecule has 0 spiro atoms. The van der Waals surface area contributed by atoms with Gasteiger partial charge in [0.15, 0.2) is 0 Å². The highest BCUT2D eigenvalue weighted by Gasteiger charge is 2.36. The molecule has 2 unspecified atom stereocenters. The van der Waals surface area contributed by atoms with Crippen LogP contribution in [0.25, 0.3) is 0 Å². The van der Waals surface area contributed by atoms with Gasteiger partial charge in [-0.1, -0.05) is 39.5 Å². The van der Waals surface area contributed by atoms with Crippen LogP contribution in [0.2, 0.25) is 0 Å². The van der Waals surface area contributed by atoms with Crippen LogP contribution in [0.3, 0.4) is 0 Å². The van der Waals surface area contributed by atoms with Crippen LogP contribution in [0.1, 0.15) is 71.6 Å². The van der Waals surface area contributed by atoms with Crippen molar-refractivity contribution in [2.75, 3.05) is 20.6 Å². The lowest BCUT2D eigenvalue weighted by Gasteiger charge is -2.38. The molecular weight excluding hydrogens is 244 g/mol. The first-order valence-corrected chi connectivity index (χ1v) is 8.94. The lowest BCUT2D eigenvalue weighted by Crippen LogP contribution is -2.51. The molecule has 2 heteroatoms. The van der Waals surface area contributed by atoms with Crippen LogP contribution in [-0.4, -0.2) is 37.1 Å². The van der Waals surface area contributed by atoms with E-state index in [4.69, 9.17) is 0 Å². The molecule has 0 amide bonds. The van der Waals surface area contributed by atoms with Crippen LogP contribution in [0.5, 0.6) is 0 Å². The molecule has 0 heterocycles. The minimum absolute atomic E-state index is 0.448. The first kappa shape index (κ1) is 16.3. The fraction of sp³-hybridized carbons (Fsp3) is 1.00. The van der Waals surface area contributed by atoms with Crippen molar-refractivity contribution in [2.45, 2.75) is 83.2 Å². The molecule has 2 aliphatic carbocycles. The average Bonchev–Trinajstić information content (AvgIpc) is 2.76. The standard InChI is InChI=1S/C18H36N2/c1-15(2)16-8-7-9-17(11-10-16)19-14-18(20(3)4)12-5-6-13-18/h15-17,19H,5-14H2,1-4H3. The molecule has 0 saturated heterocycles. The van der Waals surface area contributed by atoms with E-state index in [1.807, 2.05) is 0 Å². The van der Waals surface area contributed by atoms with E-state index < -0.39 is 0 Å². The topological polar surface area (TPSA) is 15.3 Å². The van der Waals surface area contributed by atoms with Crippen LogP contribution in [0, 0.1) is 11.8 Å². The van der Waals surface area contributed by atoms with E-state index in [-0.39, 0.29) is 0 Å². The van der Waals surface area contributed by atoms with Gasteiger partial charge >= 0.3 is 0 Å². The maximum atomic E-state index is 3.94. The maximum Gasteiger partial charge on any atom is 0.0327 e. The van der Waals surface area contributed by atoms with Gasteiger partial charge in [0.1, 0.15) is 0 Å². The summed E-state index contributed by atoms with van der Waals surface area (Å²) >= 11 is 0. The van der Waals surface area contributed by atoms with Gasteiger partial charge < -0.3 is 10.2 Å². The fourth-order valence-electron chi connectivity index (χ4n) is 4.35. The summed E-state index contributed by atoms with van der Waals surface area (Å²) in [5.41, 5.74) is 0.448. The number of rotatable bonds is 5. The van der Waals surface area contributed by atoms with Gasteiger partial charge in [0.2, 0.25) is 0 Å². The number of hydrogen-bond acceptors (Lipinski definition) is 2. The Bertz CT molecular complexity index is 279. The van der Waals surface area contributed by atoms with Crippen LogP contribution < -0.4 is 5.32 Å². The molecular formula is C18H36N2. The number of hydrogen-bond donors (Lipinski definition) is 1. The van der Waals surface area contributed by atoms with Gasteiger partial charge in [0.05, 0.1) is 0 Å². The third kappa shape index (κ3) is 3.98. The van der Waals surface area contributed by atoms with Gasteiger partial charge in [0.25, 0.3) is 0 Å². The summed E-state index contributed by atoms with van der Waals surface area (Å²) in [5.74, 6) is 1.84. The molecule has 20 heavy (non-hydrogen) atoms. The number of nitrogens with zero attached hydrogens (tertiary/aromatic N) is 1. The van der Waals surface area contributed by atoms with Crippen molar-refractivity contribution in [3.8, 4) is 0 Å². The Hall–Kier alpha value is -0.0800. The molecule has 0 aromatic rings. The minimum atomic E-state index is 0.448. The lowest BCUT2D eigenvalue weighted by atomic mass is 9.89. The molecule has 0 aromatic carbocycles. The first-order chi connectivity index (χ1) is 9.53. The zero-order chi connectivity index (χ0) is 14.6. The second-order valence-electron chi connectivity index (χ2n) is 7.92. The molecule has 118 valence electrons. The molecule has 2 fully saturated rings. The highest BCUT2D eigenvalue weighted by molar-refractivity contribution is 4.95. The van der Waals surface area contributed by atoms with Crippen molar-refractivity contribution in [3.05, 3.63) is 0 Å². The zero-order valence-corrected chi connectivity index (χ0v) is 14.3. The van der Waals surface area contributed by atoms with E-state index in [0.717, 1.165) is 17.9 Å². The van der Waals surface area contributed by atoms with E-state index in [0.29, 0.717) is 5.54 Å². The summed E-state index contributed by atoms with van der Waals surface area (Å²) in [4.78, 5) is 2.49. The Kier molecular flexibility index (Phi) is 5.92. The van der Waals surface area contributed by atoms with Crippen LogP contribution in [-0.2, 0) is 0 Å². The molecule has 2 nitrogen and oxygen atoms in total. The van der Waals surface area contributed by atoms with Gasteiger partial charge in [-0.05, 0) is 58.0 Å². The van der Waals surface area contributed by atoms with E-state index >= 15 is 0 Å². The second kappa shape index (κ2) is 7.26. The largest absolute Gasteiger partial charge is 0.312 e. The molecule has 0 aliphatic heterocycles. The predicted molar refractivity (Wildman–Crippen MR) is 88.1 cm³/mol. The highest BCUT2D eigenvalue weighted by atomic mass is 15.2. The third-order valence-corrected chi connectivity index (χ3v) is 6.16. The molecule has 2 atom stereocenters. The lowest BCUT2D eigenvalue weighted by molar-refractivity contribution is 0.147. The Labute approximate surface area is 126 Å². The fourth-order valence-corrected chi connectivity index (χ4v) is 4.35. The summed E-state index contributed by atoms with van der Waals surface area (Å²) in [6, 6.07) is 0.774. The normalized spacial score (nSPS) is 30.9. The van der Waals surface area contributed by atoms with Gasteiger partial charge in [-0.15, -0.1) is 0 Å². The summed E-state index contributed by atoms with van der Waals surface area (Å²) in [6.45, 7) is 6.01. The van der Waals surface area contributed by atoms with Crippen molar-refractivity contribution < 1.29 is 0 Å². The van der Waals surface area contributed by atoms with Crippen LogP contribution >= 0.6 is 0 Å². The molecule has 0 radical (unpaired) electrons. The van der Waals surface area contributed by atoms with E-state index in [1.54, 1.807) is 0 Å². The smallest absolute Gasteiger partial charge is 0.0327 e. The summed E-state index contributed by atoms with van der Waals surface area (Å²) in [6.07, 6.45) is 12.7. The molecule has 2 rings (SSSR count). The first-order valence-electron chi connectivity index (χ1n) is 8.94. The molecule has 2 saturated carbocycles. The van der Waals surface area contributed by atoms with Crippen molar-refractivity contribution in [1.82, 2.24) is 10.2 Å². The van der Waals surface area contributed by atoms with E-state index in [2.05, 4.69) is 38.2 Å². The van der Waals surface area contributed by atoms with Gasteiger partial charge in [-0.2, -0.15) is 0 Å². The quantitative estimate of drug-likeness (QED) is 0.764. The van der Waals surface area contributed by atoms with Crippen molar-refractivity contribution in [2.24, 2.45) is 11.8 Å². The van der Waals surface area contributed by atoms with Crippen LogP contribution in [0.15, 0.2) is 0 Å². The predicted octanol–water partition coefficient (Wildman–Crippen LogP) is 4.06. The van der Waals surface area contributed by atoms with Gasteiger partial charge in [-0.25, -0.2) is 0 Å². The Morgan fingerprint density at radius 1 is 1.00 bits per heavy atom. The monoisotopic (exact) mass is 280 g/mol. The molecule has 2 aliphatic rings. The van der Waals surface area contributed by atoms with Gasteiger partial charge in [-0.3, -0.25) is 0 Å². The summed E-state index contributed by atoms with van der Waals surface area (Å²) in [7, 11) is 4.55. The number of nitrogens with one attached hydrogen (secondary N) is 1. The second-order valence-corrected chi connectivity index (χ2v) is 7.92. The van der Waals surface area contributed by atoms with Gasteiger partial charge in [0, 0.05) is 18.1 Å². The number of likely N-dealkylation sites (N-methyl/N-ethyl adjacent to an activating group) is 1. The zero-order valence-electron chi connectivity index (χ0n) is 14.3. The van der Waals surface area contributed by atoms with E-state index in [9.17, 15) is 0 Å². The minimum Gasteiger partial charge on any atom is -0.312 e. The summed E-state index contributed by atoms with van der Waals surface area (Å²) < 4.78 is 0. The average molecular weight is 280 g/mol. The van der Waals surface area contributed by atoms with E-state index in [1.165, 1.54) is 64.3 Å². The highest BCUT2D eigenvalue weighted by Crippen LogP contribution is 2.34. The van der Waals surface area contributed by atoms with Crippen molar-refractivity contribution in [1.29, 1.82) is 0 Å². The SMILES string of the molecule is CC(C)C1CCCC(NCC2(N(C)C)CCCC2)CC1. The Balaban J connectivity index is 1.81. The maximum absolute atomic E-state index is 3.94. The molecule has 0 aromatic heterocycles. The van der Waals surface area contributed by atoms with Crippen molar-refractivity contribution >= 4 is 0 Å². The molecule has 1 N–H and O–H groups in total. The Morgan fingerprint density at radius 3 is 2.30 bits per heavy atom. The summed E-state index contributed by atoms with van der Waals surface area (Å²) in [5, 5.41) is 3.94. The Morgan fingerprint density at radius 2 is 1.70 bits per heavy atom. The third-order valence-electron chi connectivity index (χ3n) is 6.16. The van der Waals surface area contributed by atoms with Crippen LogP contribution in [0.4, 0.5) is 0 Å².